The van der Waals surface area contributed by atoms with Gasteiger partial charge in [-0.15, -0.1) is 0 Å². The van der Waals surface area contributed by atoms with E-state index >= 15 is 0 Å². The van der Waals surface area contributed by atoms with Crippen molar-refractivity contribution in [3.63, 3.8) is 0 Å². The summed E-state index contributed by atoms with van der Waals surface area (Å²) in [7, 11) is 0. The molecule has 84 valence electrons. The van der Waals surface area contributed by atoms with E-state index in [4.69, 9.17) is 9.84 Å². The number of hydrogen-bond donors (Lipinski definition) is 1. The van der Waals surface area contributed by atoms with Crippen LogP contribution in [0.4, 0.5) is 0 Å². The molecule has 0 aromatic carbocycles. The van der Waals surface area contributed by atoms with Gasteiger partial charge < -0.3 is 14.4 Å². The summed E-state index contributed by atoms with van der Waals surface area (Å²) in [5, 5.41) is 9.14. The van der Waals surface area contributed by atoms with Gasteiger partial charge >= 0.3 is 0 Å². The first-order valence-electron chi connectivity index (χ1n) is 5.41. The Balaban J connectivity index is 2.06. The van der Waals surface area contributed by atoms with Crippen molar-refractivity contribution in [2.45, 2.75) is 32.9 Å². The molecule has 0 atom stereocenters. The average molecular weight is 210 g/mol. The van der Waals surface area contributed by atoms with Crippen LogP contribution in [0.3, 0.4) is 0 Å². The highest BCUT2D eigenvalue weighted by molar-refractivity contribution is 4.97. The molecule has 0 saturated carbocycles. The van der Waals surface area contributed by atoms with E-state index in [0.717, 1.165) is 38.3 Å². The van der Waals surface area contributed by atoms with Crippen LogP contribution in [-0.2, 0) is 17.9 Å². The molecule has 0 spiro atoms. The first-order valence-corrected chi connectivity index (χ1v) is 5.41. The van der Waals surface area contributed by atoms with Crippen LogP contribution in [0.2, 0.25) is 0 Å². The minimum Gasteiger partial charge on any atom is -0.390 e. The first kappa shape index (κ1) is 10.6. The van der Waals surface area contributed by atoms with E-state index in [1.54, 1.807) is 12.5 Å². The Morgan fingerprint density at radius 3 is 2.93 bits per heavy atom. The molecule has 0 bridgehead atoms. The number of rotatable bonds is 3. The largest absolute Gasteiger partial charge is 0.390 e. The molecular weight excluding hydrogens is 192 g/mol. The van der Waals surface area contributed by atoms with E-state index in [0.29, 0.717) is 0 Å². The molecule has 1 saturated heterocycles. The number of ether oxygens (including phenoxy) is 1. The Labute approximate surface area is 89.9 Å². The smallest absolute Gasteiger partial charge is 0.0949 e. The van der Waals surface area contributed by atoms with Crippen molar-refractivity contribution in [3.8, 4) is 0 Å². The second-order valence-corrected chi connectivity index (χ2v) is 4.59. The standard InChI is InChI=1S/C11H18N2O2/c1-11(2-4-15-5-3-11)8-13-9-12-6-10(13)7-14/h6,9,14H,2-5,7-8H2,1H3. The van der Waals surface area contributed by atoms with Crippen molar-refractivity contribution in [3.05, 3.63) is 18.2 Å². The van der Waals surface area contributed by atoms with Gasteiger partial charge in [0.1, 0.15) is 0 Å². The zero-order valence-corrected chi connectivity index (χ0v) is 9.15. The summed E-state index contributed by atoms with van der Waals surface area (Å²) in [5.74, 6) is 0. The van der Waals surface area contributed by atoms with Crippen LogP contribution in [0.1, 0.15) is 25.5 Å². The Bertz CT molecular complexity index is 316. The van der Waals surface area contributed by atoms with E-state index < -0.39 is 0 Å². The fraction of sp³-hybridized carbons (Fsp3) is 0.727. The molecule has 1 aliphatic rings. The van der Waals surface area contributed by atoms with Gasteiger partial charge in [-0.05, 0) is 18.3 Å². The molecule has 4 heteroatoms. The second kappa shape index (κ2) is 4.33. The summed E-state index contributed by atoms with van der Waals surface area (Å²) >= 11 is 0. The maximum Gasteiger partial charge on any atom is 0.0949 e. The number of aliphatic hydroxyl groups is 1. The average Bonchev–Trinajstić information content (AvgIpc) is 2.65. The van der Waals surface area contributed by atoms with Crippen molar-refractivity contribution in [2.75, 3.05) is 13.2 Å². The number of aromatic nitrogens is 2. The van der Waals surface area contributed by atoms with Crippen LogP contribution in [0.15, 0.2) is 12.5 Å². The molecule has 1 fully saturated rings. The van der Waals surface area contributed by atoms with Gasteiger partial charge in [0.05, 0.1) is 24.8 Å². The Hall–Kier alpha value is -0.870. The number of aliphatic hydroxyl groups excluding tert-OH is 1. The molecule has 0 radical (unpaired) electrons. The summed E-state index contributed by atoms with van der Waals surface area (Å²) in [6.45, 7) is 4.95. The summed E-state index contributed by atoms with van der Waals surface area (Å²) < 4.78 is 7.41. The van der Waals surface area contributed by atoms with Crippen molar-refractivity contribution in [1.29, 1.82) is 0 Å². The molecule has 1 aliphatic heterocycles. The van der Waals surface area contributed by atoms with Crippen LogP contribution in [-0.4, -0.2) is 27.9 Å². The Morgan fingerprint density at radius 1 is 1.53 bits per heavy atom. The van der Waals surface area contributed by atoms with Crippen LogP contribution in [0.25, 0.3) is 0 Å². The van der Waals surface area contributed by atoms with Gasteiger partial charge in [-0.25, -0.2) is 4.98 Å². The maximum absolute atomic E-state index is 9.14. The van der Waals surface area contributed by atoms with Gasteiger partial charge in [-0.2, -0.15) is 0 Å². The Morgan fingerprint density at radius 2 is 2.27 bits per heavy atom. The van der Waals surface area contributed by atoms with Crippen LogP contribution in [0.5, 0.6) is 0 Å². The highest BCUT2D eigenvalue weighted by atomic mass is 16.5. The molecule has 15 heavy (non-hydrogen) atoms. The summed E-state index contributed by atoms with van der Waals surface area (Å²) in [4.78, 5) is 4.06. The molecule has 1 N–H and O–H groups in total. The molecule has 4 nitrogen and oxygen atoms in total. The normalized spacial score (nSPS) is 20.4. The van der Waals surface area contributed by atoms with E-state index in [1.165, 1.54) is 0 Å². The fourth-order valence-corrected chi connectivity index (χ4v) is 2.06. The van der Waals surface area contributed by atoms with Crippen molar-refractivity contribution in [2.24, 2.45) is 5.41 Å². The molecule has 2 rings (SSSR count). The van der Waals surface area contributed by atoms with E-state index in [-0.39, 0.29) is 12.0 Å². The highest BCUT2D eigenvalue weighted by Gasteiger charge is 2.28. The number of hydrogen-bond acceptors (Lipinski definition) is 3. The summed E-state index contributed by atoms with van der Waals surface area (Å²) in [5.41, 5.74) is 1.17. The van der Waals surface area contributed by atoms with Crippen LogP contribution < -0.4 is 0 Å². The van der Waals surface area contributed by atoms with Crippen molar-refractivity contribution in [1.82, 2.24) is 9.55 Å². The van der Waals surface area contributed by atoms with Crippen molar-refractivity contribution >= 4 is 0 Å². The van der Waals surface area contributed by atoms with Gasteiger partial charge in [0, 0.05) is 19.8 Å². The monoisotopic (exact) mass is 210 g/mol. The summed E-state index contributed by atoms with van der Waals surface area (Å²) in [6, 6.07) is 0. The minimum absolute atomic E-state index is 0.0621. The second-order valence-electron chi connectivity index (χ2n) is 4.59. The van der Waals surface area contributed by atoms with Gasteiger partial charge in [0.15, 0.2) is 0 Å². The van der Waals surface area contributed by atoms with Crippen LogP contribution >= 0.6 is 0 Å². The molecule has 0 amide bonds. The molecule has 1 aromatic rings. The lowest BCUT2D eigenvalue weighted by atomic mass is 9.82. The van der Waals surface area contributed by atoms with Crippen molar-refractivity contribution < 1.29 is 9.84 Å². The lowest BCUT2D eigenvalue weighted by Crippen LogP contribution is -2.31. The molecular formula is C11H18N2O2. The van der Waals surface area contributed by atoms with Gasteiger partial charge in [-0.3, -0.25) is 0 Å². The predicted molar refractivity (Wildman–Crippen MR) is 56.3 cm³/mol. The zero-order valence-electron chi connectivity index (χ0n) is 9.15. The predicted octanol–water partition coefficient (Wildman–Crippen LogP) is 1.19. The SMILES string of the molecule is CC1(Cn2cncc2CO)CCOCC1. The van der Waals surface area contributed by atoms with E-state index in [1.807, 2.05) is 4.57 Å². The van der Waals surface area contributed by atoms with Gasteiger partial charge in [0.2, 0.25) is 0 Å². The van der Waals surface area contributed by atoms with E-state index in [2.05, 4.69) is 11.9 Å². The van der Waals surface area contributed by atoms with Gasteiger partial charge in [-0.1, -0.05) is 6.92 Å². The highest BCUT2D eigenvalue weighted by Crippen LogP contribution is 2.31. The molecule has 2 heterocycles. The maximum atomic E-state index is 9.14. The number of imidazole rings is 1. The van der Waals surface area contributed by atoms with Gasteiger partial charge in [0.25, 0.3) is 0 Å². The Kier molecular flexibility index (Phi) is 3.07. The quantitative estimate of drug-likeness (QED) is 0.815. The third-order valence-electron chi connectivity index (χ3n) is 3.21. The third kappa shape index (κ3) is 2.38. The molecule has 0 unspecified atom stereocenters. The summed E-state index contributed by atoms with van der Waals surface area (Å²) in [6.07, 6.45) is 5.68. The third-order valence-corrected chi connectivity index (χ3v) is 3.21. The number of nitrogens with zero attached hydrogens (tertiary/aromatic N) is 2. The topological polar surface area (TPSA) is 47.3 Å². The lowest BCUT2D eigenvalue weighted by molar-refractivity contribution is 0.0148. The lowest BCUT2D eigenvalue weighted by Gasteiger charge is -2.34. The van der Waals surface area contributed by atoms with Crippen LogP contribution in [0, 0.1) is 5.41 Å². The zero-order chi connectivity index (χ0) is 10.7. The minimum atomic E-state index is 0.0621. The molecule has 0 aliphatic carbocycles. The first-order chi connectivity index (χ1) is 7.23. The molecule has 1 aromatic heterocycles. The fourth-order valence-electron chi connectivity index (χ4n) is 2.06. The van der Waals surface area contributed by atoms with E-state index in [9.17, 15) is 0 Å².